The number of anilines is 1. The lowest BCUT2D eigenvalue weighted by molar-refractivity contribution is 0.555. The quantitative estimate of drug-likeness (QED) is 0.849. The number of thiocarbonyl (C=S) groups is 1. The Bertz CT molecular complexity index is 676. The molecule has 1 aliphatic rings. The maximum absolute atomic E-state index is 5.89. The molecule has 0 radical (unpaired) electrons. The minimum absolute atomic E-state index is 0.402. The zero-order valence-electron chi connectivity index (χ0n) is 11.6. The summed E-state index contributed by atoms with van der Waals surface area (Å²) in [6, 6.07) is 2.02. The van der Waals surface area contributed by atoms with Gasteiger partial charge in [-0.25, -0.2) is 9.97 Å². The lowest BCUT2D eigenvalue weighted by Gasteiger charge is -2.30. The van der Waals surface area contributed by atoms with Gasteiger partial charge in [0.15, 0.2) is 0 Å². The summed E-state index contributed by atoms with van der Waals surface area (Å²) < 4.78 is 2.17. The van der Waals surface area contributed by atoms with E-state index in [-0.39, 0.29) is 0 Å². The highest BCUT2D eigenvalue weighted by Crippen LogP contribution is 2.25. The highest BCUT2D eigenvalue weighted by Gasteiger charge is 2.22. The van der Waals surface area contributed by atoms with E-state index in [1.807, 2.05) is 32.3 Å². The topological polar surface area (TPSA) is 60.0 Å². The van der Waals surface area contributed by atoms with Crippen LogP contribution in [0.5, 0.6) is 0 Å². The monoisotopic (exact) mass is 287 g/mol. The number of hydrogen-bond donors (Lipinski definition) is 1. The maximum Gasteiger partial charge on any atom is 0.139 e. The SMILES string of the molecule is Cc1cc(C)c(C(N)=S)c(N2CCn3ccnc3C2)n1. The molecular weight excluding hydrogens is 270 g/mol. The van der Waals surface area contributed by atoms with Crippen molar-refractivity contribution in [2.24, 2.45) is 5.73 Å². The van der Waals surface area contributed by atoms with Crippen LogP contribution >= 0.6 is 12.2 Å². The van der Waals surface area contributed by atoms with Crippen molar-refractivity contribution < 1.29 is 0 Å². The standard InChI is InChI=1S/C14H17N5S/c1-9-7-10(2)17-14(12(9)13(15)20)19-6-5-18-4-3-16-11(18)8-19/h3-4,7H,5-6,8H2,1-2H3,(H2,15,20). The Kier molecular flexibility index (Phi) is 3.17. The number of rotatable bonds is 2. The van der Waals surface area contributed by atoms with Gasteiger partial charge < -0.3 is 15.2 Å². The van der Waals surface area contributed by atoms with E-state index in [4.69, 9.17) is 18.0 Å². The highest BCUT2D eigenvalue weighted by atomic mass is 32.1. The van der Waals surface area contributed by atoms with E-state index < -0.39 is 0 Å². The second-order valence-corrected chi connectivity index (χ2v) is 5.54. The van der Waals surface area contributed by atoms with Crippen LogP contribution in [0.4, 0.5) is 5.82 Å². The average molecular weight is 287 g/mol. The van der Waals surface area contributed by atoms with Crippen LogP contribution in [-0.2, 0) is 13.1 Å². The minimum atomic E-state index is 0.402. The van der Waals surface area contributed by atoms with Crippen LogP contribution in [0.2, 0.25) is 0 Å². The lowest BCUT2D eigenvalue weighted by atomic mass is 10.1. The van der Waals surface area contributed by atoms with Crippen molar-refractivity contribution in [3.05, 3.63) is 41.1 Å². The van der Waals surface area contributed by atoms with E-state index in [2.05, 4.69) is 19.4 Å². The first kappa shape index (κ1) is 13.1. The molecule has 0 saturated carbocycles. The predicted molar refractivity (Wildman–Crippen MR) is 82.9 cm³/mol. The number of fused-ring (bicyclic) bond motifs is 1. The third kappa shape index (κ3) is 2.16. The van der Waals surface area contributed by atoms with Crippen LogP contribution in [0, 0.1) is 13.8 Å². The smallest absolute Gasteiger partial charge is 0.139 e. The molecule has 1 aliphatic heterocycles. The molecule has 0 amide bonds. The first-order chi connectivity index (χ1) is 9.56. The largest absolute Gasteiger partial charge is 0.389 e. The van der Waals surface area contributed by atoms with Gasteiger partial charge in [-0.05, 0) is 25.5 Å². The first-order valence-corrected chi connectivity index (χ1v) is 7.00. The van der Waals surface area contributed by atoms with Crippen molar-refractivity contribution in [3.63, 3.8) is 0 Å². The van der Waals surface area contributed by atoms with Crippen LogP contribution in [0.15, 0.2) is 18.5 Å². The molecule has 2 aromatic rings. The lowest BCUT2D eigenvalue weighted by Crippen LogP contribution is -2.36. The van der Waals surface area contributed by atoms with Crippen molar-refractivity contribution in [3.8, 4) is 0 Å². The average Bonchev–Trinajstić information content (AvgIpc) is 2.84. The third-order valence-corrected chi connectivity index (χ3v) is 3.82. The van der Waals surface area contributed by atoms with Crippen molar-refractivity contribution in [2.75, 3.05) is 11.4 Å². The van der Waals surface area contributed by atoms with Crippen molar-refractivity contribution in [1.29, 1.82) is 0 Å². The second-order valence-electron chi connectivity index (χ2n) is 5.10. The van der Waals surface area contributed by atoms with Gasteiger partial charge >= 0.3 is 0 Å². The van der Waals surface area contributed by atoms with Crippen LogP contribution in [-0.4, -0.2) is 26.1 Å². The van der Waals surface area contributed by atoms with Gasteiger partial charge in [-0.15, -0.1) is 0 Å². The molecule has 0 aromatic carbocycles. The molecule has 0 spiro atoms. The van der Waals surface area contributed by atoms with Gasteiger partial charge in [0.2, 0.25) is 0 Å². The Morgan fingerprint density at radius 2 is 2.15 bits per heavy atom. The molecule has 0 atom stereocenters. The predicted octanol–water partition coefficient (Wildman–Crippen LogP) is 1.55. The number of imidazole rings is 1. The number of pyridine rings is 1. The molecule has 2 N–H and O–H groups in total. The number of aryl methyl sites for hydroxylation is 2. The Hall–Kier alpha value is -1.95. The van der Waals surface area contributed by atoms with Crippen LogP contribution in [0.3, 0.4) is 0 Å². The summed E-state index contributed by atoms with van der Waals surface area (Å²) in [5, 5.41) is 0. The molecule has 3 rings (SSSR count). The molecule has 5 nitrogen and oxygen atoms in total. The molecule has 0 fully saturated rings. The van der Waals surface area contributed by atoms with Gasteiger partial charge in [-0.3, -0.25) is 0 Å². The van der Waals surface area contributed by atoms with Crippen molar-refractivity contribution in [1.82, 2.24) is 14.5 Å². The molecule has 2 aromatic heterocycles. The third-order valence-electron chi connectivity index (χ3n) is 3.62. The number of aromatic nitrogens is 3. The summed E-state index contributed by atoms with van der Waals surface area (Å²) in [6.45, 7) is 6.54. The molecule has 0 unspecified atom stereocenters. The minimum Gasteiger partial charge on any atom is -0.389 e. The molecule has 0 aliphatic carbocycles. The molecule has 20 heavy (non-hydrogen) atoms. The summed E-state index contributed by atoms with van der Waals surface area (Å²) in [7, 11) is 0. The van der Waals surface area contributed by atoms with Crippen molar-refractivity contribution in [2.45, 2.75) is 26.9 Å². The Balaban J connectivity index is 2.05. The number of nitrogens with two attached hydrogens (primary N) is 1. The molecule has 0 bridgehead atoms. The van der Waals surface area contributed by atoms with Gasteiger partial charge in [0.1, 0.15) is 16.6 Å². The Morgan fingerprint density at radius 3 is 2.90 bits per heavy atom. The van der Waals surface area contributed by atoms with Gasteiger partial charge in [0, 0.05) is 31.2 Å². The van der Waals surface area contributed by atoms with Gasteiger partial charge in [0.05, 0.1) is 12.1 Å². The normalized spacial score (nSPS) is 14.2. The van der Waals surface area contributed by atoms with Crippen molar-refractivity contribution >= 4 is 23.0 Å². The summed E-state index contributed by atoms with van der Waals surface area (Å²) in [6.07, 6.45) is 3.85. The van der Waals surface area contributed by atoms with Crippen LogP contribution < -0.4 is 10.6 Å². The molecule has 104 valence electrons. The fourth-order valence-corrected chi connectivity index (χ4v) is 2.96. The fraction of sp³-hybridized carbons (Fsp3) is 0.357. The van der Waals surface area contributed by atoms with E-state index in [1.54, 1.807) is 0 Å². The number of nitrogens with zero attached hydrogens (tertiary/aromatic N) is 4. The van der Waals surface area contributed by atoms with E-state index in [1.165, 1.54) is 0 Å². The molecule has 0 saturated heterocycles. The zero-order chi connectivity index (χ0) is 14.3. The van der Waals surface area contributed by atoms with E-state index in [0.29, 0.717) is 4.99 Å². The highest BCUT2D eigenvalue weighted by molar-refractivity contribution is 7.80. The Labute approximate surface area is 123 Å². The molecule has 6 heteroatoms. The van der Waals surface area contributed by atoms with E-state index >= 15 is 0 Å². The zero-order valence-corrected chi connectivity index (χ0v) is 12.4. The van der Waals surface area contributed by atoms with E-state index in [0.717, 1.165) is 48.1 Å². The van der Waals surface area contributed by atoms with Crippen LogP contribution in [0.1, 0.15) is 22.6 Å². The second kappa shape index (κ2) is 4.86. The summed E-state index contributed by atoms with van der Waals surface area (Å²) in [4.78, 5) is 11.6. The Morgan fingerprint density at radius 1 is 1.35 bits per heavy atom. The van der Waals surface area contributed by atoms with Gasteiger partial charge in [0.25, 0.3) is 0 Å². The first-order valence-electron chi connectivity index (χ1n) is 6.59. The summed E-state index contributed by atoms with van der Waals surface area (Å²) in [5.41, 5.74) is 8.83. The fourth-order valence-electron chi connectivity index (χ4n) is 2.70. The maximum atomic E-state index is 5.89. The molecule has 3 heterocycles. The summed E-state index contributed by atoms with van der Waals surface area (Å²) >= 11 is 5.20. The van der Waals surface area contributed by atoms with E-state index in [9.17, 15) is 0 Å². The number of hydrogen-bond acceptors (Lipinski definition) is 4. The van der Waals surface area contributed by atoms with Gasteiger partial charge in [-0.2, -0.15) is 0 Å². The van der Waals surface area contributed by atoms with Crippen LogP contribution in [0.25, 0.3) is 0 Å². The molecular formula is C14H17N5S. The summed E-state index contributed by atoms with van der Waals surface area (Å²) in [5.74, 6) is 1.93. The van der Waals surface area contributed by atoms with Gasteiger partial charge in [-0.1, -0.05) is 12.2 Å².